The van der Waals surface area contributed by atoms with Crippen molar-refractivity contribution >= 4 is 35.1 Å². The summed E-state index contributed by atoms with van der Waals surface area (Å²) in [5.74, 6) is -0.207. The van der Waals surface area contributed by atoms with Gasteiger partial charge in [0.05, 0.1) is 6.10 Å². The van der Waals surface area contributed by atoms with Gasteiger partial charge in [-0.15, -0.1) is 11.8 Å². The summed E-state index contributed by atoms with van der Waals surface area (Å²) < 4.78 is 0. The van der Waals surface area contributed by atoms with Gasteiger partial charge in [0.2, 0.25) is 5.91 Å². The highest BCUT2D eigenvalue weighted by molar-refractivity contribution is 7.98. The van der Waals surface area contributed by atoms with E-state index in [9.17, 15) is 9.90 Å². The number of carbonyl (C=O) groups excluding carboxylic acids is 1. The molecule has 0 unspecified atom stereocenters. The highest BCUT2D eigenvalue weighted by Crippen LogP contribution is 2.18. The molecular formula is C16H17NO2S2. The number of hydrogen-bond acceptors (Lipinski definition) is 4. The van der Waals surface area contributed by atoms with Crippen molar-refractivity contribution in [3.05, 3.63) is 58.3 Å². The van der Waals surface area contributed by atoms with E-state index in [2.05, 4.69) is 5.32 Å². The van der Waals surface area contributed by atoms with E-state index in [1.807, 2.05) is 47.3 Å². The molecule has 1 aromatic carbocycles. The largest absolute Gasteiger partial charge is 0.387 e. The third-order valence-electron chi connectivity index (χ3n) is 2.94. The smallest absolute Gasteiger partial charge is 0.244 e. The molecule has 0 bridgehead atoms. The molecule has 1 atom stereocenters. The molecule has 2 rings (SSSR count). The van der Waals surface area contributed by atoms with Crippen molar-refractivity contribution < 1.29 is 9.90 Å². The van der Waals surface area contributed by atoms with Crippen molar-refractivity contribution in [3.8, 4) is 0 Å². The van der Waals surface area contributed by atoms with Crippen LogP contribution in [0.5, 0.6) is 0 Å². The number of rotatable bonds is 6. The van der Waals surface area contributed by atoms with Crippen LogP contribution >= 0.6 is 23.1 Å². The van der Waals surface area contributed by atoms with E-state index in [-0.39, 0.29) is 12.5 Å². The third-order valence-corrected chi connectivity index (χ3v) is 4.39. The highest BCUT2D eigenvalue weighted by Gasteiger charge is 2.08. The van der Waals surface area contributed by atoms with E-state index in [0.717, 1.165) is 16.0 Å². The fourth-order valence-corrected chi connectivity index (χ4v) is 2.78. The van der Waals surface area contributed by atoms with Crippen molar-refractivity contribution in [2.75, 3.05) is 12.8 Å². The van der Waals surface area contributed by atoms with Crippen LogP contribution in [0, 0.1) is 0 Å². The van der Waals surface area contributed by atoms with Gasteiger partial charge in [-0.05, 0) is 52.4 Å². The van der Waals surface area contributed by atoms with Gasteiger partial charge in [0, 0.05) is 17.5 Å². The number of thiophene rings is 1. The molecule has 0 aliphatic carbocycles. The standard InChI is InChI=1S/C16H17NO2S2/c1-20-14-5-3-13(4-6-14)15(18)10-17-16(19)7-2-12-8-9-21-11-12/h2-9,11,15,18H,10H2,1H3,(H,17,19)/b7-2+/t15-/m0/s1. The predicted molar refractivity (Wildman–Crippen MR) is 89.5 cm³/mol. The van der Waals surface area contributed by atoms with Gasteiger partial charge in [-0.25, -0.2) is 0 Å². The quantitative estimate of drug-likeness (QED) is 0.634. The summed E-state index contributed by atoms with van der Waals surface area (Å²) in [5, 5.41) is 16.7. The normalized spacial score (nSPS) is 12.5. The Kier molecular flexibility index (Phi) is 6.04. The fraction of sp³-hybridized carbons (Fsp3) is 0.188. The summed E-state index contributed by atoms with van der Waals surface area (Å²) >= 11 is 3.24. The first-order chi connectivity index (χ1) is 10.2. The number of amides is 1. The predicted octanol–water partition coefficient (Wildman–Crippen LogP) is 3.33. The van der Waals surface area contributed by atoms with E-state index in [0.29, 0.717) is 0 Å². The number of carbonyl (C=O) groups is 1. The second-order valence-corrected chi connectivity index (χ2v) is 6.08. The van der Waals surface area contributed by atoms with E-state index >= 15 is 0 Å². The lowest BCUT2D eigenvalue weighted by atomic mass is 10.1. The molecule has 0 saturated carbocycles. The minimum absolute atomic E-state index is 0.200. The minimum atomic E-state index is -0.695. The second-order valence-electron chi connectivity index (χ2n) is 4.42. The lowest BCUT2D eigenvalue weighted by Crippen LogP contribution is -2.26. The second kappa shape index (κ2) is 8.02. The van der Waals surface area contributed by atoms with Crippen molar-refractivity contribution in [1.82, 2.24) is 5.32 Å². The Balaban J connectivity index is 1.82. The first-order valence-corrected chi connectivity index (χ1v) is 8.66. The molecule has 1 heterocycles. The zero-order valence-corrected chi connectivity index (χ0v) is 13.3. The summed E-state index contributed by atoms with van der Waals surface area (Å²) in [6.45, 7) is 0.200. The molecule has 0 aliphatic heterocycles. The molecule has 0 fully saturated rings. The number of aliphatic hydroxyl groups is 1. The Bertz CT molecular complexity index is 591. The summed E-state index contributed by atoms with van der Waals surface area (Å²) in [6, 6.07) is 9.62. The Morgan fingerprint density at radius 3 is 2.76 bits per heavy atom. The van der Waals surface area contributed by atoms with E-state index in [4.69, 9.17) is 0 Å². The first-order valence-electron chi connectivity index (χ1n) is 6.49. The zero-order chi connectivity index (χ0) is 15.1. The molecule has 3 nitrogen and oxygen atoms in total. The number of hydrogen-bond donors (Lipinski definition) is 2. The van der Waals surface area contributed by atoms with E-state index in [1.165, 1.54) is 6.08 Å². The van der Waals surface area contributed by atoms with Gasteiger partial charge in [-0.3, -0.25) is 4.79 Å². The van der Waals surface area contributed by atoms with Crippen LogP contribution < -0.4 is 5.32 Å². The van der Waals surface area contributed by atoms with Gasteiger partial charge in [-0.2, -0.15) is 11.3 Å². The van der Waals surface area contributed by atoms with Crippen molar-refractivity contribution in [2.24, 2.45) is 0 Å². The molecule has 21 heavy (non-hydrogen) atoms. The van der Waals surface area contributed by atoms with Gasteiger partial charge in [-0.1, -0.05) is 12.1 Å². The van der Waals surface area contributed by atoms with Gasteiger partial charge in [0.1, 0.15) is 0 Å². The molecule has 1 aromatic heterocycles. The summed E-state index contributed by atoms with van der Waals surface area (Å²) in [5.41, 5.74) is 1.80. The number of aliphatic hydroxyl groups excluding tert-OH is 1. The minimum Gasteiger partial charge on any atom is -0.387 e. The zero-order valence-electron chi connectivity index (χ0n) is 11.7. The van der Waals surface area contributed by atoms with Crippen LogP contribution in [0.4, 0.5) is 0 Å². The van der Waals surface area contributed by atoms with Crippen LogP contribution in [0.25, 0.3) is 6.08 Å². The fourth-order valence-electron chi connectivity index (χ4n) is 1.74. The summed E-state index contributed by atoms with van der Waals surface area (Å²) in [7, 11) is 0. The monoisotopic (exact) mass is 319 g/mol. The van der Waals surface area contributed by atoms with Crippen LogP contribution in [0.2, 0.25) is 0 Å². The average molecular weight is 319 g/mol. The molecule has 5 heteroatoms. The lowest BCUT2D eigenvalue weighted by molar-refractivity contribution is -0.116. The van der Waals surface area contributed by atoms with Gasteiger partial charge in [0.25, 0.3) is 0 Å². The molecule has 2 aromatic rings. The maximum Gasteiger partial charge on any atom is 0.244 e. The molecule has 1 amide bonds. The first kappa shape index (κ1) is 15.8. The topological polar surface area (TPSA) is 49.3 Å². The van der Waals surface area contributed by atoms with Crippen LogP contribution in [0.15, 0.2) is 52.1 Å². The Morgan fingerprint density at radius 1 is 1.38 bits per heavy atom. The molecule has 0 aliphatic rings. The molecule has 0 saturated heterocycles. The number of nitrogens with one attached hydrogen (secondary N) is 1. The Labute approximate surface area is 132 Å². The number of thioether (sulfide) groups is 1. The Hall–Kier alpha value is -1.56. The van der Waals surface area contributed by atoms with Gasteiger partial charge in [0.15, 0.2) is 0 Å². The van der Waals surface area contributed by atoms with Crippen molar-refractivity contribution in [3.63, 3.8) is 0 Å². The average Bonchev–Trinajstić information content (AvgIpc) is 3.04. The van der Waals surface area contributed by atoms with Crippen LogP contribution in [0.1, 0.15) is 17.2 Å². The third kappa shape index (κ3) is 5.04. The van der Waals surface area contributed by atoms with Crippen LogP contribution in [-0.2, 0) is 4.79 Å². The van der Waals surface area contributed by atoms with Crippen LogP contribution in [-0.4, -0.2) is 23.8 Å². The molecule has 0 spiro atoms. The maximum atomic E-state index is 11.7. The van der Waals surface area contributed by atoms with Crippen LogP contribution in [0.3, 0.4) is 0 Å². The molecule has 110 valence electrons. The molecule has 0 radical (unpaired) electrons. The number of benzene rings is 1. The molecule has 2 N–H and O–H groups in total. The SMILES string of the molecule is CSc1ccc([C@@H](O)CNC(=O)/C=C/c2ccsc2)cc1. The van der Waals surface area contributed by atoms with Gasteiger partial charge < -0.3 is 10.4 Å². The summed E-state index contributed by atoms with van der Waals surface area (Å²) in [6.07, 6.45) is 4.54. The van der Waals surface area contributed by atoms with Crippen molar-refractivity contribution in [2.45, 2.75) is 11.0 Å². The maximum absolute atomic E-state index is 11.7. The van der Waals surface area contributed by atoms with E-state index in [1.54, 1.807) is 29.2 Å². The van der Waals surface area contributed by atoms with Crippen molar-refractivity contribution in [1.29, 1.82) is 0 Å². The highest BCUT2D eigenvalue weighted by atomic mass is 32.2. The molecular weight excluding hydrogens is 302 g/mol. The Morgan fingerprint density at radius 2 is 2.14 bits per heavy atom. The lowest BCUT2D eigenvalue weighted by Gasteiger charge is -2.11. The summed E-state index contributed by atoms with van der Waals surface area (Å²) in [4.78, 5) is 12.8. The van der Waals surface area contributed by atoms with Gasteiger partial charge >= 0.3 is 0 Å². The van der Waals surface area contributed by atoms with E-state index < -0.39 is 6.10 Å².